The average Bonchev–Trinajstić information content (AvgIpc) is 3.74. The van der Waals surface area contributed by atoms with Crippen LogP contribution in [0.3, 0.4) is 0 Å². The second-order valence-corrected chi connectivity index (χ2v) is 9.48. The van der Waals surface area contributed by atoms with Crippen LogP contribution in [-0.4, -0.2) is 73.5 Å². The summed E-state index contributed by atoms with van der Waals surface area (Å²) in [4.78, 5) is 45.2. The molecule has 3 N–H and O–H groups in total. The number of amides is 1. The van der Waals surface area contributed by atoms with Crippen LogP contribution in [0, 0.1) is 0 Å². The molecule has 1 atom stereocenters. The predicted octanol–water partition coefficient (Wildman–Crippen LogP) is 3.14. The van der Waals surface area contributed by atoms with E-state index in [1.165, 1.54) is 17.8 Å². The van der Waals surface area contributed by atoms with Crippen molar-refractivity contribution >= 4 is 23.2 Å². The van der Waals surface area contributed by atoms with Gasteiger partial charge in [-0.05, 0) is 44.7 Å². The third-order valence-corrected chi connectivity index (χ3v) is 6.91. The molecule has 40 heavy (non-hydrogen) atoms. The van der Waals surface area contributed by atoms with Gasteiger partial charge in [-0.3, -0.25) is 19.3 Å². The number of aromatic amines is 1. The molecule has 5 rings (SSSR count). The second kappa shape index (κ2) is 11.4. The predicted molar refractivity (Wildman–Crippen MR) is 148 cm³/mol. The number of nitrogen functional groups attached to an aromatic ring is 1. The Balaban J connectivity index is 1.47. The van der Waals surface area contributed by atoms with Crippen LogP contribution in [0.25, 0.3) is 22.6 Å². The van der Waals surface area contributed by atoms with E-state index in [1.54, 1.807) is 24.9 Å². The molecule has 0 aliphatic heterocycles. The van der Waals surface area contributed by atoms with Crippen molar-refractivity contribution in [2.45, 2.75) is 52.5 Å². The molecule has 0 aliphatic carbocycles. The standard InChI is InChI=1S/C27H31N11O2/c1-4-11-37(27(40)25-31-15-32-35-25)19(5-2)7-8-21-23(17(3)39)24(28)38-26(34-21)20(14-33-38)18-6-9-22(30-13-18)36-12-10-29-16-36/h6,9-10,12-16,19H,4-5,7-8,11,28H2,1-3H3,(H,31,32,35)/t19-/m1/s1. The zero-order valence-corrected chi connectivity index (χ0v) is 22.7. The Morgan fingerprint density at radius 1 is 1.18 bits per heavy atom. The van der Waals surface area contributed by atoms with Crippen LogP contribution in [0.5, 0.6) is 0 Å². The number of aromatic nitrogens is 9. The summed E-state index contributed by atoms with van der Waals surface area (Å²) in [5, 5.41) is 10.9. The number of nitrogens with two attached hydrogens (primary N) is 1. The lowest BCUT2D eigenvalue weighted by molar-refractivity contribution is 0.0650. The molecule has 0 fully saturated rings. The number of nitrogens with zero attached hydrogens (tertiary/aromatic N) is 9. The van der Waals surface area contributed by atoms with Gasteiger partial charge in [-0.2, -0.15) is 14.7 Å². The van der Waals surface area contributed by atoms with Gasteiger partial charge in [-0.25, -0.2) is 19.9 Å². The van der Waals surface area contributed by atoms with Gasteiger partial charge in [0.25, 0.3) is 5.91 Å². The molecule has 0 spiro atoms. The quantitative estimate of drug-likeness (QED) is 0.239. The van der Waals surface area contributed by atoms with Gasteiger partial charge in [0.2, 0.25) is 5.82 Å². The molecule has 13 heteroatoms. The van der Waals surface area contributed by atoms with Crippen LogP contribution in [0.4, 0.5) is 5.82 Å². The molecule has 5 aromatic rings. The zero-order chi connectivity index (χ0) is 28.2. The Bertz CT molecular complexity index is 1610. The van der Waals surface area contributed by atoms with Crippen LogP contribution in [0.2, 0.25) is 0 Å². The van der Waals surface area contributed by atoms with Gasteiger partial charge >= 0.3 is 0 Å². The monoisotopic (exact) mass is 541 g/mol. The minimum atomic E-state index is -0.203. The van der Waals surface area contributed by atoms with Crippen molar-refractivity contribution in [3.63, 3.8) is 0 Å². The molecular weight excluding hydrogens is 510 g/mol. The number of imidazole rings is 1. The first-order valence-corrected chi connectivity index (χ1v) is 13.2. The van der Waals surface area contributed by atoms with E-state index in [0.717, 1.165) is 29.8 Å². The number of nitrogens with one attached hydrogen (secondary N) is 1. The molecule has 5 heterocycles. The van der Waals surface area contributed by atoms with E-state index in [2.05, 4.69) is 30.2 Å². The maximum atomic E-state index is 13.2. The molecule has 0 saturated carbocycles. The Morgan fingerprint density at radius 3 is 2.65 bits per heavy atom. The maximum absolute atomic E-state index is 13.2. The van der Waals surface area contributed by atoms with Crippen molar-refractivity contribution in [3.05, 3.63) is 66.7 Å². The fourth-order valence-electron chi connectivity index (χ4n) is 4.94. The fourth-order valence-corrected chi connectivity index (χ4v) is 4.94. The molecule has 0 radical (unpaired) electrons. The highest BCUT2D eigenvalue weighted by molar-refractivity contribution is 6.00. The minimum Gasteiger partial charge on any atom is -0.383 e. The summed E-state index contributed by atoms with van der Waals surface area (Å²) in [6.45, 7) is 6.10. The third kappa shape index (κ3) is 5.05. The second-order valence-electron chi connectivity index (χ2n) is 9.48. The number of Topliss-reactive ketones (excluding diaryl/α,β-unsaturated/α-hetero) is 1. The van der Waals surface area contributed by atoms with Crippen LogP contribution >= 0.6 is 0 Å². The molecule has 0 aromatic carbocycles. The summed E-state index contributed by atoms with van der Waals surface area (Å²) >= 11 is 0. The Morgan fingerprint density at radius 2 is 2.02 bits per heavy atom. The van der Waals surface area contributed by atoms with Gasteiger partial charge in [0.05, 0.1) is 17.5 Å². The highest BCUT2D eigenvalue weighted by Crippen LogP contribution is 2.29. The fraction of sp³-hybridized carbons (Fsp3) is 0.333. The third-order valence-electron chi connectivity index (χ3n) is 6.91. The topological polar surface area (TPSA) is 166 Å². The molecule has 0 saturated heterocycles. The number of H-pyrrole nitrogens is 1. The molecule has 1 amide bonds. The van der Waals surface area contributed by atoms with Gasteiger partial charge < -0.3 is 10.6 Å². The highest BCUT2D eigenvalue weighted by Gasteiger charge is 2.27. The lowest BCUT2D eigenvalue weighted by Gasteiger charge is -2.30. The number of anilines is 1. The van der Waals surface area contributed by atoms with Gasteiger partial charge in [-0.1, -0.05) is 13.8 Å². The smallest absolute Gasteiger partial charge is 0.291 e. The van der Waals surface area contributed by atoms with Crippen molar-refractivity contribution < 1.29 is 9.59 Å². The van der Waals surface area contributed by atoms with Crippen LogP contribution in [0.15, 0.2) is 49.6 Å². The van der Waals surface area contributed by atoms with E-state index in [9.17, 15) is 9.59 Å². The Labute approximate surface area is 230 Å². The molecule has 13 nitrogen and oxygen atoms in total. The van der Waals surface area contributed by atoms with Gasteiger partial charge in [0, 0.05) is 42.3 Å². The van der Waals surface area contributed by atoms with Gasteiger partial charge in [0.1, 0.15) is 24.3 Å². The molecular formula is C27H31N11O2. The van der Waals surface area contributed by atoms with E-state index in [1.807, 2.05) is 41.6 Å². The number of pyridine rings is 1. The van der Waals surface area contributed by atoms with Crippen LogP contribution in [-0.2, 0) is 6.42 Å². The minimum absolute atomic E-state index is 0.0964. The van der Waals surface area contributed by atoms with E-state index < -0.39 is 0 Å². The van der Waals surface area contributed by atoms with Crippen LogP contribution < -0.4 is 5.73 Å². The number of aryl methyl sites for hydroxylation is 1. The van der Waals surface area contributed by atoms with Crippen molar-refractivity contribution in [1.29, 1.82) is 0 Å². The number of hydrogen-bond donors (Lipinski definition) is 2. The first-order chi connectivity index (χ1) is 19.4. The lowest BCUT2D eigenvalue weighted by Crippen LogP contribution is -2.41. The van der Waals surface area contributed by atoms with Gasteiger partial charge in [-0.15, -0.1) is 0 Å². The number of carbonyl (C=O) groups is 2. The van der Waals surface area contributed by atoms with Crippen molar-refractivity contribution in [2.24, 2.45) is 0 Å². The number of carbonyl (C=O) groups excluding carboxylic acids is 2. The molecule has 206 valence electrons. The highest BCUT2D eigenvalue weighted by atomic mass is 16.2. The zero-order valence-electron chi connectivity index (χ0n) is 22.7. The van der Waals surface area contributed by atoms with E-state index in [-0.39, 0.29) is 29.4 Å². The summed E-state index contributed by atoms with van der Waals surface area (Å²) in [7, 11) is 0. The van der Waals surface area contributed by atoms with Crippen molar-refractivity contribution in [2.75, 3.05) is 12.3 Å². The summed E-state index contributed by atoms with van der Waals surface area (Å²) in [5.41, 5.74) is 9.49. The lowest BCUT2D eigenvalue weighted by atomic mass is 10.0. The average molecular weight is 542 g/mol. The Kier molecular flexibility index (Phi) is 7.62. The van der Waals surface area contributed by atoms with E-state index in [4.69, 9.17) is 10.7 Å². The van der Waals surface area contributed by atoms with Crippen molar-refractivity contribution in [1.82, 2.24) is 49.2 Å². The van der Waals surface area contributed by atoms with Crippen molar-refractivity contribution in [3.8, 4) is 16.9 Å². The molecule has 0 bridgehead atoms. The summed E-state index contributed by atoms with van der Waals surface area (Å²) < 4.78 is 3.31. The van der Waals surface area contributed by atoms with E-state index >= 15 is 0 Å². The van der Waals surface area contributed by atoms with Crippen LogP contribution in [0.1, 0.15) is 66.7 Å². The Hall–Kier alpha value is -4.94. The number of fused-ring (bicyclic) bond motifs is 1. The summed E-state index contributed by atoms with van der Waals surface area (Å²) in [5.74, 6) is 0.772. The number of hydrogen-bond acceptors (Lipinski definition) is 9. The summed E-state index contributed by atoms with van der Waals surface area (Å²) in [6.07, 6.45) is 12.5. The number of rotatable bonds is 11. The first-order valence-electron chi connectivity index (χ1n) is 13.2. The molecule has 5 aromatic heterocycles. The van der Waals surface area contributed by atoms with E-state index in [0.29, 0.717) is 36.3 Å². The molecule has 0 unspecified atom stereocenters. The number of ketones is 1. The SMILES string of the molecule is CCCN(C(=O)c1ncn[nH]1)[C@H](CC)CCc1nc2c(-c3ccc(-n4ccnc4)nc3)cnn2c(N)c1C(C)=O. The largest absolute Gasteiger partial charge is 0.383 e. The summed E-state index contributed by atoms with van der Waals surface area (Å²) in [6, 6.07) is 3.72. The molecule has 0 aliphatic rings. The normalized spacial score (nSPS) is 12.1. The van der Waals surface area contributed by atoms with Gasteiger partial charge in [0.15, 0.2) is 11.4 Å². The first kappa shape index (κ1) is 26.7. The maximum Gasteiger partial charge on any atom is 0.291 e.